The number of rotatable bonds is 12. The van der Waals surface area contributed by atoms with Gasteiger partial charge in [-0.25, -0.2) is 15.0 Å². The van der Waals surface area contributed by atoms with Gasteiger partial charge < -0.3 is 24.3 Å². The third-order valence-corrected chi connectivity index (χ3v) is 7.70. The minimum absolute atomic E-state index is 0.198. The van der Waals surface area contributed by atoms with Gasteiger partial charge in [0.05, 0.1) is 37.2 Å². The summed E-state index contributed by atoms with van der Waals surface area (Å²) in [6.45, 7) is 6.60. The van der Waals surface area contributed by atoms with Gasteiger partial charge in [-0.1, -0.05) is 6.92 Å². The molecule has 12 heteroatoms. The third kappa shape index (κ3) is 8.22. The van der Waals surface area contributed by atoms with E-state index in [0.717, 1.165) is 42.5 Å². The smallest absolute Gasteiger partial charge is 0.343 e. The molecule has 44 heavy (non-hydrogen) atoms. The van der Waals surface area contributed by atoms with E-state index in [0.29, 0.717) is 46.4 Å². The van der Waals surface area contributed by atoms with Crippen LogP contribution < -0.4 is 25.0 Å². The highest BCUT2D eigenvalue weighted by Gasteiger charge is 2.28. The molecule has 11 nitrogen and oxygen atoms in total. The number of amides is 2. The highest BCUT2D eigenvalue weighted by Crippen LogP contribution is 2.38. The molecule has 2 N–H and O–H groups in total. The monoisotopic (exact) mass is 621 g/mol. The summed E-state index contributed by atoms with van der Waals surface area (Å²) in [4.78, 5) is 51.5. The number of hydrogen-bond donors (Lipinski definition) is 2. The fourth-order valence-electron chi connectivity index (χ4n) is 4.47. The maximum Gasteiger partial charge on any atom is 0.343 e. The SMILES string of the molecule is CCCOc1ccc(C(=O)Oc2ccc(/C=N/NC(=O)C(=O)Nc3sc4c(c3C(=O)OCC)CCCC4)cc2OCC)cc1. The zero-order chi connectivity index (χ0) is 31.5. The van der Waals surface area contributed by atoms with Crippen molar-refractivity contribution in [2.24, 2.45) is 5.10 Å². The Balaban J connectivity index is 1.38. The Morgan fingerprint density at radius 2 is 1.66 bits per heavy atom. The lowest BCUT2D eigenvalue weighted by atomic mass is 9.95. The highest BCUT2D eigenvalue weighted by atomic mass is 32.1. The summed E-state index contributed by atoms with van der Waals surface area (Å²) in [6.07, 6.45) is 5.66. The van der Waals surface area contributed by atoms with Crippen molar-refractivity contribution in [3.8, 4) is 17.2 Å². The molecule has 1 aliphatic rings. The lowest BCUT2D eigenvalue weighted by molar-refractivity contribution is -0.136. The molecule has 0 fully saturated rings. The number of ether oxygens (including phenoxy) is 4. The van der Waals surface area contributed by atoms with Crippen LogP contribution in [0, 0.1) is 0 Å². The molecule has 0 atom stereocenters. The van der Waals surface area contributed by atoms with Gasteiger partial charge in [0.1, 0.15) is 10.8 Å². The fourth-order valence-corrected chi connectivity index (χ4v) is 5.75. The summed E-state index contributed by atoms with van der Waals surface area (Å²) in [5.74, 6) is -1.89. The highest BCUT2D eigenvalue weighted by molar-refractivity contribution is 7.17. The molecule has 4 rings (SSSR count). The molecule has 1 aromatic heterocycles. The molecule has 1 aliphatic carbocycles. The number of aryl methyl sites for hydroxylation is 1. The molecule has 232 valence electrons. The van der Waals surface area contributed by atoms with Crippen LogP contribution in [-0.4, -0.2) is 49.8 Å². The Bertz CT molecular complexity index is 1530. The minimum atomic E-state index is -1.01. The number of anilines is 1. The number of fused-ring (bicyclic) bond motifs is 1. The second-order valence-corrected chi connectivity index (χ2v) is 10.8. The Labute approximate surface area is 259 Å². The van der Waals surface area contributed by atoms with E-state index in [2.05, 4.69) is 15.8 Å². The second kappa shape index (κ2) is 15.7. The second-order valence-electron chi connectivity index (χ2n) is 9.69. The first kappa shape index (κ1) is 32.2. The molecule has 1 heterocycles. The van der Waals surface area contributed by atoms with Crippen molar-refractivity contribution >= 4 is 46.3 Å². The summed E-state index contributed by atoms with van der Waals surface area (Å²) >= 11 is 1.29. The van der Waals surface area contributed by atoms with E-state index in [4.69, 9.17) is 18.9 Å². The van der Waals surface area contributed by atoms with Gasteiger partial charge in [-0.3, -0.25) is 9.59 Å². The predicted molar refractivity (Wildman–Crippen MR) is 166 cm³/mol. The van der Waals surface area contributed by atoms with E-state index in [9.17, 15) is 19.2 Å². The molecule has 0 saturated carbocycles. The van der Waals surface area contributed by atoms with Gasteiger partial charge in [-0.15, -0.1) is 11.3 Å². The summed E-state index contributed by atoms with van der Waals surface area (Å²) in [6, 6.07) is 11.4. The predicted octanol–water partition coefficient (Wildman–Crippen LogP) is 5.30. The minimum Gasteiger partial charge on any atom is -0.494 e. The van der Waals surface area contributed by atoms with Crippen molar-refractivity contribution < 1.29 is 38.1 Å². The number of carbonyl (C=O) groups is 4. The van der Waals surface area contributed by atoms with Crippen LogP contribution in [0.4, 0.5) is 5.00 Å². The lowest BCUT2D eigenvalue weighted by Crippen LogP contribution is -2.32. The van der Waals surface area contributed by atoms with Gasteiger partial charge in [0.25, 0.3) is 0 Å². The van der Waals surface area contributed by atoms with Gasteiger partial charge in [0.15, 0.2) is 11.5 Å². The number of nitrogens with one attached hydrogen (secondary N) is 2. The zero-order valence-corrected chi connectivity index (χ0v) is 25.7. The van der Waals surface area contributed by atoms with E-state index >= 15 is 0 Å². The average Bonchev–Trinajstić information content (AvgIpc) is 3.39. The fraction of sp³-hybridized carbons (Fsp3) is 0.344. The molecule has 0 aliphatic heterocycles. The molecule has 0 unspecified atom stereocenters. The Morgan fingerprint density at radius 3 is 2.39 bits per heavy atom. The first-order chi connectivity index (χ1) is 21.3. The Kier molecular flexibility index (Phi) is 11.5. The largest absolute Gasteiger partial charge is 0.494 e. The van der Waals surface area contributed by atoms with Crippen molar-refractivity contribution in [1.29, 1.82) is 0 Å². The van der Waals surface area contributed by atoms with Crippen molar-refractivity contribution in [1.82, 2.24) is 5.43 Å². The quantitative estimate of drug-likeness (QED) is 0.0913. The normalized spacial score (nSPS) is 12.2. The van der Waals surface area contributed by atoms with E-state index in [1.54, 1.807) is 56.3 Å². The van der Waals surface area contributed by atoms with Crippen LogP contribution in [0.25, 0.3) is 0 Å². The average molecular weight is 622 g/mol. The van der Waals surface area contributed by atoms with Crippen molar-refractivity contribution in [3.05, 3.63) is 69.6 Å². The van der Waals surface area contributed by atoms with Crippen LogP contribution in [0.15, 0.2) is 47.6 Å². The maximum absolute atomic E-state index is 12.7. The molecular formula is C32H35N3O8S. The topological polar surface area (TPSA) is 142 Å². The van der Waals surface area contributed by atoms with Crippen LogP contribution in [0.3, 0.4) is 0 Å². The molecule has 0 saturated heterocycles. The molecule has 0 bridgehead atoms. The van der Waals surface area contributed by atoms with Crippen LogP contribution in [0.2, 0.25) is 0 Å². The zero-order valence-electron chi connectivity index (χ0n) is 24.9. The number of thiophene rings is 1. The van der Waals surface area contributed by atoms with E-state index in [-0.39, 0.29) is 12.4 Å². The van der Waals surface area contributed by atoms with Crippen molar-refractivity contribution in [2.45, 2.75) is 52.9 Å². The van der Waals surface area contributed by atoms with Crippen LogP contribution >= 0.6 is 11.3 Å². The molecule has 0 spiro atoms. The van der Waals surface area contributed by atoms with Gasteiger partial charge in [-0.05, 0) is 99.5 Å². The summed E-state index contributed by atoms with van der Waals surface area (Å²) < 4.78 is 21.9. The van der Waals surface area contributed by atoms with Crippen molar-refractivity contribution in [2.75, 3.05) is 25.1 Å². The number of esters is 2. The first-order valence-electron chi connectivity index (χ1n) is 14.5. The number of nitrogens with zero attached hydrogens (tertiary/aromatic N) is 1. The van der Waals surface area contributed by atoms with Gasteiger partial charge in [0, 0.05) is 4.88 Å². The molecule has 0 radical (unpaired) electrons. The summed E-state index contributed by atoms with van der Waals surface area (Å²) in [5.41, 5.74) is 4.25. The number of carbonyl (C=O) groups excluding carboxylic acids is 4. The van der Waals surface area contributed by atoms with Crippen LogP contribution in [-0.2, 0) is 27.2 Å². The van der Waals surface area contributed by atoms with Gasteiger partial charge >= 0.3 is 23.8 Å². The lowest BCUT2D eigenvalue weighted by Gasteiger charge is -2.12. The van der Waals surface area contributed by atoms with Crippen LogP contribution in [0.1, 0.15) is 76.8 Å². The number of benzene rings is 2. The standard InChI is InChI=1S/C32H35N3O8S/c1-4-17-42-22-14-12-21(13-15-22)31(38)43-24-16-11-20(18-25(24)40-5-2)19-33-35-29(37)28(36)34-30-27(32(39)41-6-3)23-9-7-8-10-26(23)44-30/h11-16,18-19H,4-10,17H2,1-3H3,(H,34,36)(H,35,37)/b33-19+. The van der Waals surface area contributed by atoms with E-state index < -0.39 is 23.8 Å². The number of hydrazone groups is 1. The summed E-state index contributed by atoms with van der Waals surface area (Å²) in [7, 11) is 0. The molecule has 3 aromatic rings. The van der Waals surface area contributed by atoms with Gasteiger partial charge in [-0.2, -0.15) is 5.10 Å². The van der Waals surface area contributed by atoms with Crippen molar-refractivity contribution in [3.63, 3.8) is 0 Å². The first-order valence-corrected chi connectivity index (χ1v) is 15.3. The Hall–Kier alpha value is -4.71. The van der Waals surface area contributed by atoms with Crippen LogP contribution in [0.5, 0.6) is 17.2 Å². The molecular weight excluding hydrogens is 586 g/mol. The third-order valence-electron chi connectivity index (χ3n) is 6.50. The van der Waals surface area contributed by atoms with Gasteiger partial charge in [0.2, 0.25) is 0 Å². The number of hydrogen-bond acceptors (Lipinski definition) is 10. The Morgan fingerprint density at radius 1 is 0.886 bits per heavy atom. The van der Waals surface area contributed by atoms with E-state index in [1.807, 2.05) is 6.92 Å². The molecule has 2 amide bonds. The summed E-state index contributed by atoms with van der Waals surface area (Å²) in [5, 5.41) is 6.72. The van der Waals surface area contributed by atoms with E-state index in [1.165, 1.54) is 17.6 Å². The molecule has 2 aromatic carbocycles. The maximum atomic E-state index is 12.7.